The molecular weight excluding hydrogens is 268 g/mol. The molecule has 0 radical (unpaired) electrons. The average Bonchev–Trinajstić information content (AvgIpc) is 2.46. The van der Waals surface area contributed by atoms with E-state index in [1.807, 2.05) is 0 Å². The maximum absolute atomic E-state index is 11.4. The molecule has 0 aromatic heterocycles. The molecule has 0 saturated heterocycles. The summed E-state index contributed by atoms with van der Waals surface area (Å²) >= 11 is 5.60. The van der Waals surface area contributed by atoms with Gasteiger partial charge in [0.1, 0.15) is 0 Å². The lowest BCUT2D eigenvalue weighted by atomic mass is 10.2. The van der Waals surface area contributed by atoms with Crippen LogP contribution in [0.1, 0.15) is 29.6 Å². The summed E-state index contributed by atoms with van der Waals surface area (Å²) in [6.45, 7) is 0.602. The molecule has 0 bridgehead atoms. The van der Waals surface area contributed by atoms with E-state index in [2.05, 4.69) is 4.74 Å². The Kier molecular flexibility index (Phi) is 7.11. The molecule has 0 spiro atoms. The lowest BCUT2D eigenvalue weighted by molar-refractivity contribution is 0.0600. The van der Waals surface area contributed by atoms with Gasteiger partial charge in [-0.2, -0.15) is 0 Å². The van der Waals surface area contributed by atoms with Crippen LogP contribution in [0.2, 0.25) is 0 Å². The summed E-state index contributed by atoms with van der Waals surface area (Å²) in [5.74, 6) is 1.44. The normalized spacial score (nSPS) is 10.1. The Morgan fingerprint density at radius 2 is 1.95 bits per heavy atom. The van der Waals surface area contributed by atoms with Crippen molar-refractivity contribution in [1.29, 1.82) is 0 Å². The van der Waals surface area contributed by atoms with E-state index in [0.29, 0.717) is 29.5 Å². The second-order valence-electron chi connectivity index (χ2n) is 3.96. The SMILES string of the molecule is COC(=O)c1ccc(OCCCCCCl)c(OC)c1. The third-order valence-electron chi connectivity index (χ3n) is 2.62. The van der Waals surface area contributed by atoms with Gasteiger partial charge in [0, 0.05) is 5.88 Å². The van der Waals surface area contributed by atoms with Crippen LogP contribution in [0.3, 0.4) is 0 Å². The number of hydrogen-bond acceptors (Lipinski definition) is 4. The van der Waals surface area contributed by atoms with Gasteiger partial charge in [0.05, 0.1) is 26.4 Å². The Morgan fingerprint density at radius 3 is 2.58 bits per heavy atom. The number of ether oxygens (including phenoxy) is 3. The van der Waals surface area contributed by atoms with Gasteiger partial charge in [-0.1, -0.05) is 0 Å². The van der Waals surface area contributed by atoms with Crippen LogP contribution in [0.5, 0.6) is 11.5 Å². The summed E-state index contributed by atoms with van der Waals surface area (Å²) < 4.78 is 15.5. The first-order valence-corrected chi connectivity index (χ1v) is 6.71. The lowest BCUT2D eigenvalue weighted by Crippen LogP contribution is -2.04. The van der Waals surface area contributed by atoms with E-state index in [-0.39, 0.29) is 0 Å². The number of carbonyl (C=O) groups excluding carboxylic acids is 1. The summed E-state index contributed by atoms with van der Waals surface area (Å²) in [5, 5.41) is 0. The summed E-state index contributed by atoms with van der Waals surface area (Å²) in [6, 6.07) is 4.98. The van der Waals surface area contributed by atoms with E-state index >= 15 is 0 Å². The molecule has 4 nitrogen and oxygen atoms in total. The van der Waals surface area contributed by atoms with E-state index in [4.69, 9.17) is 21.1 Å². The highest BCUT2D eigenvalue weighted by atomic mass is 35.5. The van der Waals surface area contributed by atoms with Crippen LogP contribution in [-0.2, 0) is 4.74 Å². The van der Waals surface area contributed by atoms with Crippen LogP contribution in [0, 0.1) is 0 Å². The van der Waals surface area contributed by atoms with Gasteiger partial charge in [-0.3, -0.25) is 0 Å². The fourth-order valence-corrected chi connectivity index (χ4v) is 1.78. The molecule has 1 aromatic rings. The van der Waals surface area contributed by atoms with Crippen LogP contribution in [-0.4, -0.2) is 32.7 Å². The van der Waals surface area contributed by atoms with E-state index < -0.39 is 5.97 Å². The Labute approximate surface area is 118 Å². The zero-order valence-corrected chi connectivity index (χ0v) is 12.0. The predicted molar refractivity (Wildman–Crippen MR) is 74.4 cm³/mol. The van der Waals surface area contributed by atoms with Crippen molar-refractivity contribution in [2.24, 2.45) is 0 Å². The van der Waals surface area contributed by atoms with Gasteiger partial charge in [-0.15, -0.1) is 11.6 Å². The maximum Gasteiger partial charge on any atom is 0.337 e. The van der Waals surface area contributed by atoms with Crippen LogP contribution in [0.4, 0.5) is 0 Å². The molecule has 0 aliphatic heterocycles. The number of unbranched alkanes of at least 4 members (excludes halogenated alkanes) is 2. The molecule has 19 heavy (non-hydrogen) atoms. The molecule has 0 aliphatic rings. The predicted octanol–water partition coefficient (Wildman–Crippen LogP) is 3.27. The van der Waals surface area contributed by atoms with E-state index in [9.17, 15) is 4.79 Å². The molecule has 0 fully saturated rings. The molecule has 0 heterocycles. The largest absolute Gasteiger partial charge is 0.493 e. The zero-order valence-electron chi connectivity index (χ0n) is 11.3. The van der Waals surface area contributed by atoms with Crippen molar-refractivity contribution in [2.45, 2.75) is 19.3 Å². The molecule has 0 amide bonds. The quantitative estimate of drug-likeness (QED) is 0.418. The number of carbonyl (C=O) groups is 1. The van der Waals surface area contributed by atoms with Gasteiger partial charge >= 0.3 is 5.97 Å². The zero-order chi connectivity index (χ0) is 14.1. The van der Waals surface area contributed by atoms with Gasteiger partial charge < -0.3 is 14.2 Å². The van der Waals surface area contributed by atoms with Crippen molar-refractivity contribution in [3.63, 3.8) is 0 Å². The Hall–Kier alpha value is -1.42. The number of rotatable bonds is 8. The standard InChI is InChI=1S/C14H19ClO4/c1-17-13-10-11(14(16)18-2)6-7-12(13)19-9-5-3-4-8-15/h6-7,10H,3-5,8-9H2,1-2H3. The van der Waals surface area contributed by atoms with Gasteiger partial charge in [-0.25, -0.2) is 4.79 Å². The molecular formula is C14H19ClO4. The highest BCUT2D eigenvalue weighted by molar-refractivity contribution is 6.17. The second-order valence-corrected chi connectivity index (χ2v) is 4.33. The van der Waals surface area contributed by atoms with Crippen LogP contribution in [0.25, 0.3) is 0 Å². The van der Waals surface area contributed by atoms with E-state index in [0.717, 1.165) is 19.3 Å². The highest BCUT2D eigenvalue weighted by Gasteiger charge is 2.11. The first-order chi connectivity index (χ1) is 9.22. The minimum atomic E-state index is -0.396. The molecule has 1 rings (SSSR count). The Balaban J connectivity index is 2.60. The number of esters is 1. The number of halogens is 1. The third kappa shape index (κ3) is 4.99. The minimum Gasteiger partial charge on any atom is -0.493 e. The molecule has 5 heteroatoms. The van der Waals surface area contributed by atoms with Crippen molar-refractivity contribution >= 4 is 17.6 Å². The smallest absolute Gasteiger partial charge is 0.337 e. The molecule has 0 atom stereocenters. The molecule has 0 N–H and O–H groups in total. The first kappa shape index (κ1) is 15.6. The van der Waals surface area contributed by atoms with Gasteiger partial charge in [0.25, 0.3) is 0 Å². The molecule has 0 unspecified atom stereocenters. The van der Waals surface area contributed by atoms with Crippen molar-refractivity contribution < 1.29 is 19.0 Å². The molecule has 1 aromatic carbocycles. The lowest BCUT2D eigenvalue weighted by Gasteiger charge is -2.11. The van der Waals surface area contributed by atoms with Crippen LogP contribution < -0.4 is 9.47 Å². The number of hydrogen-bond donors (Lipinski definition) is 0. The fraction of sp³-hybridized carbons (Fsp3) is 0.500. The van der Waals surface area contributed by atoms with Crippen LogP contribution >= 0.6 is 11.6 Å². The summed E-state index contributed by atoms with van der Waals surface area (Å²) in [5.41, 5.74) is 0.439. The van der Waals surface area contributed by atoms with Gasteiger partial charge in [0.2, 0.25) is 0 Å². The van der Waals surface area contributed by atoms with Crippen molar-refractivity contribution in [3.8, 4) is 11.5 Å². The van der Waals surface area contributed by atoms with Crippen molar-refractivity contribution in [1.82, 2.24) is 0 Å². The van der Waals surface area contributed by atoms with Gasteiger partial charge in [0.15, 0.2) is 11.5 Å². The Bertz CT molecular complexity index is 406. The average molecular weight is 287 g/mol. The highest BCUT2D eigenvalue weighted by Crippen LogP contribution is 2.28. The molecule has 0 aliphatic carbocycles. The minimum absolute atomic E-state index is 0.396. The Morgan fingerprint density at radius 1 is 1.16 bits per heavy atom. The molecule has 106 valence electrons. The fourth-order valence-electron chi connectivity index (χ4n) is 1.59. The number of methoxy groups -OCH3 is 2. The van der Waals surface area contributed by atoms with Gasteiger partial charge in [-0.05, 0) is 37.5 Å². The number of alkyl halides is 1. The van der Waals surface area contributed by atoms with E-state index in [1.54, 1.807) is 18.2 Å². The first-order valence-electron chi connectivity index (χ1n) is 6.18. The summed E-state index contributed by atoms with van der Waals surface area (Å²) in [6.07, 6.45) is 2.96. The van der Waals surface area contributed by atoms with E-state index in [1.165, 1.54) is 14.2 Å². The van der Waals surface area contributed by atoms with Crippen molar-refractivity contribution in [2.75, 3.05) is 26.7 Å². The maximum atomic E-state index is 11.4. The van der Waals surface area contributed by atoms with Crippen molar-refractivity contribution in [3.05, 3.63) is 23.8 Å². The number of benzene rings is 1. The molecule has 0 saturated carbocycles. The summed E-state index contributed by atoms with van der Waals surface area (Å²) in [4.78, 5) is 11.4. The second kappa shape index (κ2) is 8.64. The summed E-state index contributed by atoms with van der Waals surface area (Å²) in [7, 11) is 2.88. The van der Waals surface area contributed by atoms with Crippen LogP contribution in [0.15, 0.2) is 18.2 Å². The topological polar surface area (TPSA) is 44.8 Å². The monoisotopic (exact) mass is 286 g/mol. The third-order valence-corrected chi connectivity index (χ3v) is 2.89.